The number of hydrogen-bond acceptors (Lipinski definition) is 4. The molecule has 1 heterocycles. The largest absolute Gasteiger partial charge is 0.577 e. The average molecular weight is 277 g/mol. The van der Waals surface area contributed by atoms with Crippen LogP contribution in [-0.4, -0.2) is 16.7 Å². The zero-order valence-electron chi connectivity index (χ0n) is 8.86. The Bertz CT molecular complexity index is 362. The maximum absolute atomic E-state index is 5.40. The topological polar surface area (TPSA) is 50.2 Å². The number of aliphatic imine (C=N–C) groups is 1. The molecule has 0 amide bonds. The Morgan fingerprint density at radius 2 is 2.20 bits per heavy atom. The number of rotatable bonds is 4. The summed E-state index contributed by atoms with van der Waals surface area (Å²) in [5, 5.41) is 2.76. The van der Waals surface area contributed by atoms with Gasteiger partial charge in [-0.05, 0) is 6.92 Å². The van der Waals surface area contributed by atoms with Gasteiger partial charge in [0.2, 0.25) is 0 Å². The molecule has 0 fully saturated rings. The van der Waals surface area contributed by atoms with E-state index >= 15 is 0 Å². The van der Waals surface area contributed by atoms with Gasteiger partial charge in [0, 0.05) is 50.9 Å². The van der Waals surface area contributed by atoms with Crippen molar-refractivity contribution >= 4 is 12.5 Å². The normalized spacial score (nSPS) is 8.93. The fourth-order valence-corrected chi connectivity index (χ4v) is 1.02. The molecule has 0 bridgehead atoms. The molecule has 15 heavy (non-hydrogen) atoms. The Labute approximate surface area is 115 Å². The third-order valence-corrected chi connectivity index (χ3v) is 1.61. The van der Waals surface area contributed by atoms with Crippen LogP contribution in [0.15, 0.2) is 16.9 Å². The summed E-state index contributed by atoms with van der Waals surface area (Å²) in [6.07, 6.45) is 0.774. The van der Waals surface area contributed by atoms with Gasteiger partial charge in [-0.1, -0.05) is 6.92 Å². The molecule has 0 aromatic carbocycles. The van der Waals surface area contributed by atoms with E-state index in [1.807, 2.05) is 13.8 Å². The van der Waals surface area contributed by atoms with Crippen LogP contribution in [0.4, 0.5) is 5.82 Å². The number of nitrogens with zero attached hydrogens (tertiary/aromatic N) is 3. The number of aryl methyl sites for hydroxylation is 2. The summed E-state index contributed by atoms with van der Waals surface area (Å²) in [4.78, 5) is 11.7. The van der Waals surface area contributed by atoms with Gasteiger partial charge in [-0.3, -0.25) is 0 Å². The quantitative estimate of drug-likeness (QED) is 0.672. The first-order valence-electron chi connectivity index (χ1n) is 4.30. The number of hydrogen-bond donors (Lipinski definition) is 1. The molecule has 1 aromatic heterocycles. The van der Waals surface area contributed by atoms with E-state index in [2.05, 4.69) is 20.3 Å². The summed E-state index contributed by atoms with van der Waals surface area (Å²) < 4.78 is 0. The van der Waals surface area contributed by atoms with Crippen LogP contribution in [0.1, 0.15) is 18.4 Å². The molecule has 1 rings (SSSR count). The summed E-state index contributed by atoms with van der Waals surface area (Å²) in [7, 11) is 0. The molecule has 0 saturated heterocycles. The van der Waals surface area contributed by atoms with E-state index in [9.17, 15) is 0 Å². The van der Waals surface area contributed by atoms with Crippen LogP contribution < -0.4 is 5.32 Å². The number of aromatic nitrogens is 2. The Hall–Kier alpha value is -0.606. The molecule has 0 aliphatic heterocycles. The fourth-order valence-electron chi connectivity index (χ4n) is 1.02. The predicted molar refractivity (Wildman–Crippen MR) is 56.1 cm³/mol. The molecule has 0 aliphatic carbocycles. The maximum atomic E-state index is 5.40. The molecular weight excluding hydrogens is 265 g/mol. The van der Waals surface area contributed by atoms with Gasteiger partial charge in [0.25, 0.3) is 0 Å². The Kier molecular flexibility index (Phi) is 6.53. The van der Waals surface area contributed by atoms with Crippen LogP contribution in [0, 0.1) is 13.5 Å². The van der Waals surface area contributed by atoms with Gasteiger partial charge in [0.1, 0.15) is 11.6 Å². The minimum Gasteiger partial charge on any atom is -0.577 e. The Morgan fingerprint density at radius 3 is 2.73 bits per heavy atom. The van der Waals surface area contributed by atoms with Crippen molar-refractivity contribution in [3.05, 3.63) is 30.0 Å². The molecule has 77 valence electrons. The van der Waals surface area contributed by atoms with Crippen LogP contribution in [-0.2, 0) is 39.1 Å². The first-order chi connectivity index (χ1) is 6.65. The molecule has 0 aliphatic rings. The monoisotopic (exact) mass is 277 g/mol. The predicted octanol–water partition coefficient (Wildman–Crippen LogP) is 1.61. The first kappa shape index (κ1) is 14.4. The molecule has 0 spiro atoms. The van der Waals surface area contributed by atoms with Crippen molar-refractivity contribution in [1.29, 1.82) is 0 Å². The van der Waals surface area contributed by atoms with Crippen molar-refractivity contribution in [1.82, 2.24) is 9.97 Å². The van der Waals surface area contributed by atoms with Gasteiger partial charge < -0.3 is 16.9 Å². The molecular formula is C10H12N4Y-2. The van der Waals surface area contributed by atoms with Crippen molar-refractivity contribution in [3.8, 4) is 0 Å². The van der Waals surface area contributed by atoms with Crippen LogP contribution in [0.25, 0.3) is 0 Å². The van der Waals surface area contributed by atoms with E-state index in [4.69, 9.17) is 13.3 Å². The zero-order chi connectivity index (χ0) is 10.6. The molecule has 5 heteroatoms. The van der Waals surface area contributed by atoms with Gasteiger partial charge in [0.05, 0.1) is 0 Å². The van der Waals surface area contributed by atoms with Crippen LogP contribution in [0.3, 0.4) is 0 Å². The molecule has 0 unspecified atom stereocenters. The Balaban J connectivity index is 0.00000196. The standard InChI is InChI=1S/C10H12N4.Y/c1-5-9-12-7(2)6-10(14-9)13-8(3)11-4;/h3-4,6H,5H2,1-2H3,(H,12,13,14);/q-2;. The summed E-state index contributed by atoms with van der Waals surface area (Å²) in [5.41, 5.74) is 0.879. The van der Waals surface area contributed by atoms with E-state index in [0.717, 1.165) is 17.9 Å². The van der Waals surface area contributed by atoms with Gasteiger partial charge in [-0.25, -0.2) is 15.8 Å². The van der Waals surface area contributed by atoms with Crippen molar-refractivity contribution < 1.29 is 32.7 Å². The Morgan fingerprint density at radius 1 is 1.53 bits per heavy atom. The maximum Gasteiger partial charge on any atom is 0.130 e. The van der Waals surface area contributed by atoms with E-state index in [-0.39, 0.29) is 38.5 Å². The number of nitrogens with one attached hydrogen (secondary N) is 1. The van der Waals surface area contributed by atoms with Crippen molar-refractivity contribution in [2.75, 3.05) is 5.32 Å². The molecule has 0 atom stereocenters. The summed E-state index contributed by atoms with van der Waals surface area (Å²) in [5.74, 6) is 1.50. The van der Waals surface area contributed by atoms with E-state index in [0.29, 0.717) is 5.82 Å². The van der Waals surface area contributed by atoms with Crippen molar-refractivity contribution in [3.63, 3.8) is 0 Å². The third-order valence-electron chi connectivity index (χ3n) is 1.61. The van der Waals surface area contributed by atoms with Gasteiger partial charge in [-0.2, -0.15) is 6.72 Å². The summed E-state index contributed by atoms with van der Waals surface area (Å²) >= 11 is 0. The molecule has 0 saturated carbocycles. The van der Waals surface area contributed by atoms with Gasteiger partial charge >= 0.3 is 0 Å². The summed E-state index contributed by atoms with van der Waals surface area (Å²) in [6, 6.07) is 1.78. The molecule has 1 aromatic rings. The van der Waals surface area contributed by atoms with E-state index in [1.165, 1.54) is 0 Å². The number of anilines is 1. The second kappa shape index (κ2) is 6.80. The van der Waals surface area contributed by atoms with Gasteiger partial charge in [-0.15, -0.1) is 0 Å². The average Bonchev–Trinajstić information content (AvgIpc) is 2.16. The smallest absolute Gasteiger partial charge is 0.130 e. The third kappa shape index (κ3) is 4.62. The van der Waals surface area contributed by atoms with Crippen molar-refractivity contribution in [2.24, 2.45) is 4.99 Å². The fraction of sp³-hybridized carbons (Fsp3) is 0.300. The molecule has 1 N–H and O–H groups in total. The van der Waals surface area contributed by atoms with E-state index in [1.54, 1.807) is 6.07 Å². The SMILES string of the molecule is [CH-]=NC(=[CH-])Nc1cc(C)nc(CC)n1.[Y]. The van der Waals surface area contributed by atoms with Crippen LogP contribution in [0.5, 0.6) is 0 Å². The second-order valence-corrected chi connectivity index (χ2v) is 2.80. The zero-order valence-corrected chi connectivity index (χ0v) is 11.7. The minimum atomic E-state index is 0. The molecule has 4 nitrogen and oxygen atoms in total. The minimum absolute atomic E-state index is 0. The first-order valence-corrected chi connectivity index (χ1v) is 4.30. The van der Waals surface area contributed by atoms with E-state index < -0.39 is 0 Å². The van der Waals surface area contributed by atoms with Crippen LogP contribution in [0.2, 0.25) is 0 Å². The van der Waals surface area contributed by atoms with Crippen LogP contribution >= 0.6 is 0 Å². The molecule has 1 radical (unpaired) electrons. The second-order valence-electron chi connectivity index (χ2n) is 2.80. The van der Waals surface area contributed by atoms with Crippen molar-refractivity contribution in [2.45, 2.75) is 20.3 Å². The van der Waals surface area contributed by atoms with Gasteiger partial charge in [0.15, 0.2) is 0 Å². The summed E-state index contributed by atoms with van der Waals surface area (Å²) in [6.45, 7) is 14.3.